The fourth-order valence-electron chi connectivity index (χ4n) is 1.49. The van der Waals surface area contributed by atoms with Gasteiger partial charge in [0.25, 0.3) is 5.97 Å². The van der Waals surface area contributed by atoms with Gasteiger partial charge in [-0.1, -0.05) is 17.7 Å². The Morgan fingerprint density at radius 3 is 2.52 bits per heavy atom. The van der Waals surface area contributed by atoms with Crippen LogP contribution in [0.2, 0.25) is 0 Å². The highest BCUT2D eigenvalue weighted by molar-refractivity contribution is 7.80. The molecule has 2 rings (SSSR count). The van der Waals surface area contributed by atoms with E-state index in [0.29, 0.717) is 31.3 Å². The van der Waals surface area contributed by atoms with Crippen molar-refractivity contribution in [3.63, 3.8) is 0 Å². The molecule has 0 spiro atoms. The van der Waals surface area contributed by atoms with E-state index in [0.717, 1.165) is 12.5 Å². The molecule has 1 N–H and O–H groups in total. The Morgan fingerprint density at radius 2 is 2.00 bits per heavy atom. The Hall–Kier alpha value is -1.28. The van der Waals surface area contributed by atoms with Gasteiger partial charge >= 0.3 is 0 Å². The highest BCUT2D eigenvalue weighted by Crippen LogP contribution is 2.10. The average molecular weight is 316 g/mol. The third kappa shape index (κ3) is 7.91. The number of rotatable bonds is 4. The zero-order chi connectivity index (χ0) is 15.7. The van der Waals surface area contributed by atoms with Crippen molar-refractivity contribution in [2.75, 3.05) is 26.4 Å². The fraction of sp³-hybridized carbons (Fsp3) is 0.500. The van der Waals surface area contributed by atoms with Gasteiger partial charge in [0.05, 0.1) is 31.3 Å². The van der Waals surface area contributed by atoms with E-state index in [2.05, 4.69) is 0 Å². The molecule has 1 aromatic carbocycles. The van der Waals surface area contributed by atoms with Gasteiger partial charge in [-0.15, -0.1) is 0 Å². The zero-order valence-electron chi connectivity index (χ0n) is 12.1. The lowest BCUT2D eigenvalue weighted by Crippen LogP contribution is -2.32. The van der Waals surface area contributed by atoms with Crippen LogP contribution in [0.15, 0.2) is 29.2 Å². The highest BCUT2D eigenvalue weighted by atomic mass is 32.2. The number of carbonyl (C=O) groups is 1. The molecule has 118 valence electrons. The van der Waals surface area contributed by atoms with Crippen LogP contribution in [-0.2, 0) is 29.5 Å². The maximum atomic E-state index is 11.8. The Kier molecular flexibility index (Phi) is 8.14. The van der Waals surface area contributed by atoms with Gasteiger partial charge in [0, 0.05) is 6.92 Å². The Morgan fingerprint density at radius 1 is 1.38 bits per heavy atom. The first-order valence-electron chi connectivity index (χ1n) is 6.49. The minimum atomic E-state index is -1.43. The highest BCUT2D eigenvalue weighted by Gasteiger charge is 2.16. The number of benzene rings is 1. The van der Waals surface area contributed by atoms with Gasteiger partial charge in [0.1, 0.15) is 6.10 Å². The predicted octanol–water partition coefficient (Wildman–Crippen LogP) is 1.54. The van der Waals surface area contributed by atoms with Crippen LogP contribution in [0.4, 0.5) is 0 Å². The van der Waals surface area contributed by atoms with Crippen molar-refractivity contribution in [3.05, 3.63) is 29.8 Å². The predicted molar refractivity (Wildman–Crippen MR) is 77.4 cm³/mol. The summed E-state index contributed by atoms with van der Waals surface area (Å²) in [6, 6.07) is 7.45. The molecule has 0 aromatic heterocycles. The zero-order valence-corrected chi connectivity index (χ0v) is 12.9. The van der Waals surface area contributed by atoms with Gasteiger partial charge in [-0.05, 0) is 19.1 Å². The van der Waals surface area contributed by atoms with Gasteiger partial charge in [-0.25, -0.2) is 4.21 Å². The Balaban J connectivity index is 0.000000491. The van der Waals surface area contributed by atoms with Crippen LogP contribution in [0.3, 0.4) is 0 Å². The quantitative estimate of drug-likeness (QED) is 0.907. The van der Waals surface area contributed by atoms with Crippen molar-refractivity contribution in [3.8, 4) is 0 Å². The Bertz CT molecular complexity index is 449. The summed E-state index contributed by atoms with van der Waals surface area (Å²) in [6.07, 6.45) is -0.113. The van der Waals surface area contributed by atoms with Crippen molar-refractivity contribution < 1.29 is 27.8 Å². The van der Waals surface area contributed by atoms with E-state index in [1.165, 1.54) is 0 Å². The van der Waals surface area contributed by atoms with Crippen LogP contribution in [0.25, 0.3) is 0 Å². The second-order valence-corrected chi connectivity index (χ2v) is 5.60. The normalized spacial score (nSPS) is 19.2. The third-order valence-corrected chi connectivity index (χ3v) is 3.47. The molecule has 7 heteroatoms. The molecule has 1 fully saturated rings. The van der Waals surface area contributed by atoms with E-state index in [4.69, 9.17) is 23.6 Å². The summed E-state index contributed by atoms with van der Waals surface area (Å²) in [5, 5.41) is 7.42. The number of ether oxygens (including phenoxy) is 2. The van der Waals surface area contributed by atoms with Crippen molar-refractivity contribution in [2.24, 2.45) is 0 Å². The topological polar surface area (TPSA) is 82.1 Å². The lowest BCUT2D eigenvalue weighted by atomic mass is 10.2. The summed E-state index contributed by atoms with van der Waals surface area (Å²) in [4.78, 5) is 9.67. The molecular formula is C14H20O6S. The molecule has 21 heavy (non-hydrogen) atoms. The number of carboxylic acids is 1. The molecule has 0 radical (unpaired) electrons. The monoisotopic (exact) mass is 316 g/mol. The van der Waals surface area contributed by atoms with E-state index < -0.39 is 17.0 Å². The maximum Gasteiger partial charge on any atom is 0.300 e. The molecule has 2 atom stereocenters. The van der Waals surface area contributed by atoms with Crippen LogP contribution < -0.4 is 0 Å². The lowest BCUT2D eigenvalue weighted by Gasteiger charge is -2.22. The van der Waals surface area contributed by atoms with E-state index >= 15 is 0 Å². The minimum Gasteiger partial charge on any atom is -0.481 e. The average Bonchev–Trinajstić information content (AvgIpc) is 2.46. The summed E-state index contributed by atoms with van der Waals surface area (Å²) >= 11 is -1.43. The van der Waals surface area contributed by atoms with Crippen LogP contribution in [0.1, 0.15) is 12.5 Å². The first-order valence-corrected chi connectivity index (χ1v) is 7.57. The summed E-state index contributed by atoms with van der Waals surface area (Å²) in [7, 11) is 0. The summed E-state index contributed by atoms with van der Waals surface area (Å²) < 4.78 is 27.7. The number of aliphatic carboxylic acids is 1. The third-order valence-electron chi connectivity index (χ3n) is 2.46. The van der Waals surface area contributed by atoms with Gasteiger partial charge < -0.3 is 14.6 Å². The van der Waals surface area contributed by atoms with Crippen molar-refractivity contribution >= 4 is 17.0 Å². The molecule has 1 saturated heterocycles. The summed E-state index contributed by atoms with van der Waals surface area (Å²) in [5.74, 6) is -0.833. The molecule has 0 aliphatic carbocycles. The molecule has 0 bridgehead atoms. The van der Waals surface area contributed by atoms with Gasteiger partial charge in [-0.2, -0.15) is 0 Å². The fourth-order valence-corrected chi connectivity index (χ4v) is 2.26. The molecule has 0 amide bonds. The number of hydrogen-bond donors (Lipinski definition) is 1. The Labute approximate surface area is 126 Å². The van der Waals surface area contributed by atoms with Crippen molar-refractivity contribution in [1.82, 2.24) is 0 Å². The smallest absolute Gasteiger partial charge is 0.300 e. The number of aryl methyl sites for hydroxylation is 1. The molecule has 1 aromatic rings. The van der Waals surface area contributed by atoms with Crippen LogP contribution in [-0.4, -0.2) is 47.8 Å². The molecule has 0 saturated carbocycles. The lowest BCUT2D eigenvalue weighted by molar-refractivity contribution is -0.134. The van der Waals surface area contributed by atoms with E-state index in [1.807, 2.05) is 31.2 Å². The molecular weight excluding hydrogens is 296 g/mol. The van der Waals surface area contributed by atoms with E-state index in [-0.39, 0.29) is 6.10 Å². The minimum absolute atomic E-state index is 0.113. The van der Waals surface area contributed by atoms with Crippen LogP contribution in [0.5, 0.6) is 0 Å². The van der Waals surface area contributed by atoms with E-state index in [1.54, 1.807) is 0 Å². The van der Waals surface area contributed by atoms with Gasteiger partial charge in [0.2, 0.25) is 0 Å². The molecule has 1 heterocycles. The van der Waals surface area contributed by atoms with Crippen molar-refractivity contribution in [2.45, 2.75) is 24.8 Å². The second kappa shape index (κ2) is 9.62. The van der Waals surface area contributed by atoms with Crippen molar-refractivity contribution in [1.29, 1.82) is 0 Å². The molecule has 1 aliphatic rings. The molecule has 2 unspecified atom stereocenters. The first kappa shape index (κ1) is 17.8. The molecule has 1 aliphatic heterocycles. The maximum absolute atomic E-state index is 11.8. The summed E-state index contributed by atoms with van der Waals surface area (Å²) in [5.41, 5.74) is 1.13. The standard InChI is InChI=1S/C12H16O4S.C2H4O2/c1-10-2-4-12(5-3-10)17(13)16-9-11-8-14-6-7-15-11;1-2(3)4/h2-5,11H,6-9H2,1H3;1H3,(H,3,4). The first-order chi connectivity index (χ1) is 9.99. The molecule has 6 nitrogen and oxygen atoms in total. The number of carboxylic acid groups (broad SMARTS) is 1. The van der Waals surface area contributed by atoms with Crippen LogP contribution >= 0.6 is 0 Å². The van der Waals surface area contributed by atoms with Gasteiger partial charge in [0.15, 0.2) is 11.1 Å². The second-order valence-electron chi connectivity index (χ2n) is 4.42. The van der Waals surface area contributed by atoms with Gasteiger partial charge in [-0.3, -0.25) is 8.98 Å². The largest absolute Gasteiger partial charge is 0.481 e. The summed E-state index contributed by atoms with van der Waals surface area (Å²) in [6.45, 7) is 5.06. The SMILES string of the molecule is CC(=O)O.Cc1ccc(S(=O)OCC2COCCO2)cc1. The number of hydrogen-bond acceptors (Lipinski definition) is 5. The van der Waals surface area contributed by atoms with Crippen LogP contribution in [0, 0.1) is 6.92 Å². The van der Waals surface area contributed by atoms with E-state index in [9.17, 15) is 4.21 Å².